The van der Waals surface area contributed by atoms with E-state index in [0.717, 1.165) is 32.6 Å². The fourth-order valence-electron chi connectivity index (χ4n) is 5.26. The second-order valence-electron chi connectivity index (χ2n) is 10.1. The molecule has 0 fully saturated rings. The first kappa shape index (κ1) is 37.4. The number of rotatable bonds is 8. The van der Waals surface area contributed by atoms with Gasteiger partial charge in [0.2, 0.25) is 0 Å². The molecule has 6 rings (SSSR count). The fraction of sp³-hybridized carbons (Fsp3) is 0.231. The number of benzene rings is 4. The Labute approximate surface area is 292 Å². The zero-order valence-electron chi connectivity index (χ0n) is 26.3. The SMILES string of the molecule is CCN(CC)c1ccc2[cH-]c3ccc(N(CC)CC)cc3c2c1.Cl.Cl.[C-]1=CC=CC1.[Zr+2]=[C](c1ccccc1)c1ccccc1. The molecule has 0 saturated carbocycles. The molecule has 0 bridgehead atoms. The monoisotopic (exact) mass is 700 g/mol. The van der Waals surface area contributed by atoms with Crippen molar-refractivity contribution in [2.75, 3.05) is 36.0 Å². The summed E-state index contributed by atoms with van der Waals surface area (Å²) in [5, 5.41) is 5.43. The van der Waals surface area contributed by atoms with Crippen molar-refractivity contribution < 1.29 is 24.2 Å². The normalized spacial score (nSPS) is 11.0. The summed E-state index contributed by atoms with van der Waals surface area (Å²) < 4.78 is 1.42. The molecule has 1 aliphatic rings. The van der Waals surface area contributed by atoms with Crippen LogP contribution in [0.25, 0.3) is 21.5 Å². The first-order valence-corrected chi connectivity index (χ1v) is 16.4. The molecule has 5 aromatic rings. The van der Waals surface area contributed by atoms with Gasteiger partial charge in [0, 0.05) is 37.6 Å². The number of hydrogen-bond acceptors (Lipinski definition) is 2. The molecule has 5 heteroatoms. The number of hydrogen-bond donors (Lipinski definition) is 0. The molecule has 2 nitrogen and oxygen atoms in total. The van der Waals surface area contributed by atoms with Gasteiger partial charge in [0.1, 0.15) is 0 Å². The van der Waals surface area contributed by atoms with Crippen LogP contribution in [-0.2, 0) is 24.2 Å². The van der Waals surface area contributed by atoms with Crippen LogP contribution in [0.5, 0.6) is 0 Å². The Balaban J connectivity index is 0.000000273. The van der Waals surface area contributed by atoms with E-state index in [1.54, 1.807) is 0 Å². The fourth-order valence-corrected chi connectivity index (χ4v) is 6.08. The summed E-state index contributed by atoms with van der Waals surface area (Å²) in [7, 11) is 0. The third-order valence-corrected chi connectivity index (χ3v) is 9.06. The molecule has 0 heterocycles. The second kappa shape index (κ2) is 19.5. The molecular weight excluding hydrogens is 659 g/mol. The molecule has 0 radical (unpaired) electrons. The van der Waals surface area contributed by atoms with Crippen LogP contribution in [0.2, 0.25) is 0 Å². The van der Waals surface area contributed by atoms with E-state index in [2.05, 4.69) is 153 Å². The van der Waals surface area contributed by atoms with Crippen molar-refractivity contribution in [1.82, 2.24) is 0 Å². The van der Waals surface area contributed by atoms with Gasteiger partial charge in [0.25, 0.3) is 0 Å². The van der Waals surface area contributed by atoms with Crippen molar-refractivity contribution in [2.24, 2.45) is 0 Å². The Hall–Kier alpha value is -2.84. The minimum atomic E-state index is 0. The Kier molecular flexibility index (Phi) is 16.6. The minimum absolute atomic E-state index is 0. The van der Waals surface area contributed by atoms with Crippen molar-refractivity contribution in [2.45, 2.75) is 34.1 Å². The average Bonchev–Trinajstić information content (AvgIpc) is 3.75. The summed E-state index contributed by atoms with van der Waals surface area (Å²) in [4.78, 5) is 4.82. The van der Waals surface area contributed by atoms with Crippen molar-refractivity contribution in [1.29, 1.82) is 0 Å². The van der Waals surface area contributed by atoms with Crippen LogP contribution < -0.4 is 9.80 Å². The summed E-state index contributed by atoms with van der Waals surface area (Å²) in [6, 6.07) is 37.2. The van der Waals surface area contributed by atoms with E-state index in [-0.39, 0.29) is 24.8 Å². The maximum atomic E-state index is 2.99. The molecule has 0 atom stereocenters. The first-order valence-electron chi connectivity index (χ1n) is 15.1. The predicted octanol–water partition coefficient (Wildman–Crippen LogP) is 10.4. The Morgan fingerprint density at radius 3 is 1.41 bits per heavy atom. The quantitative estimate of drug-likeness (QED) is 0.149. The van der Waals surface area contributed by atoms with Crippen molar-refractivity contribution in [3.05, 3.63) is 139 Å². The molecule has 44 heavy (non-hydrogen) atoms. The van der Waals surface area contributed by atoms with Gasteiger partial charge in [-0.05, 0) is 27.7 Å². The molecule has 0 saturated heterocycles. The van der Waals surface area contributed by atoms with Crippen LogP contribution in [0.4, 0.5) is 11.4 Å². The number of halogens is 2. The number of anilines is 2. The van der Waals surface area contributed by atoms with Gasteiger partial charge in [0.05, 0.1) is 0 Å². The molecule has 1 aliphatic carbocycles. The van der Waals surface area contributed by atoms with E-state index in [4.69, 9.17) is 0 Å². The molecular formula is C39H44Cl2N2Zr. The third-order valence-electron chi connectivity index (χ3n) is 7.64. The van der Waals surface area contributed by atoms with E-state index in [1.807, 2.05) is 12.2 Å². The van der Waals surface area contributed by atoms with Crippen molar-refractivity contribution in [3.63, 3.8) is 0 Å². The van der Waals surface area contributed by atoms with Crippen LogP contribution in [0.1, 0.15) is 45.2 Å². The molecule has 0 spiro atoms. The average molecular weight is 703 g/mol. The van der Waals surface area contributed by atoms with Gasteiger partial charge in [0.15, 0.2) is 0 Å². The van der Waals surface area contributed by atoms with Crippen molar-refractivity contribution in [3.8, 4) is 0 Å². The van der Waals surface area contributed by atoms with Gasteiger partial charge in [-0.3, -0.25) is 6.08 Å². The molecule has 5 aromatic carbocycles. The summed E-state index contributed by atoms with van der Waals surface area (Å²) >= 11 is 1.46. The van der Waals surface area contributed by atoms with Gasteiger partial charge in [-0.25, -0.2) is 12.2 Å². The summed E-state index contributed by atoms with van der Waals surface area (Å²) in [6.07, 6.45) is 10.0. The molecule has 0 unspecified atom stereocenters. The van der Waals surface area contributed by atoms with Gasteiger partial charge >= 0.3 is 99.2 Å². The number of nitrogens with zero attached hydrogens (tertiary/aromatic N) is 2. The number of allylic oxidation sites excluding steroid dienone is 4. The van der Waals surface area contributed by atoms with Crippen LogP contribution in [-0.4, -0.2) is 29.4 Å². The van der Waals surface area contributed by atoms with Gasteiger partial charge in [-0.2, -0.15) is 6.08 Å². The van der Waals surface area contributed by atoms with Crippen LogP contribution in [0.3, 0.4) is 0 Å². The zero-order valence-corrected chi connectivity index (χ0v) is 30.4. The van der Waals surface area contributed by atoms with Crippen molar-refractivity contribution >= 4 is 60.9 Å². The summed E-state index contributed by atoms with van der Waals surface area (Å²) in [5.74, 6) is 0. The van der Waals surface area contributed by atoms with E-state index in [9.17, 15) is 0 Å². The van der Waals surface area contributed by atoms with Crippen LogP contribution in [0.15, 0.2) is 121 Å². The second-order valence-corrected chi connectivity index (χ2v) is 11.4. The van der Waals surface area contributed by atoms with E-state index < -0.39 is 0 Å². The predicted molar refractivity (Wildman–Crippen MR) is 196 cm³/mol. The molecule has 0 amide bonds. The first-order chi connectivity index (χ1) is 20.6. The molecule has 0 aromatic heterocycles. The topological polar surface area (TPSA) is 6.48 Å². The van der Waals surface area contributed by atoms with Crippen LogP contribution >= 0.6 is 24.8 Å². The van der Waals surface area contributed by atoms with E-state index in [0.29, 0.717) is 0 Å². The maximum absolute atomic E-state index is 2.99. The Morgan fingerprint density at radius 1 is 0.659 bits per heavy atom. The summed E-state index contributed by atoms with van der Waals surface area (Å²) in [6.45, 7) is 13.1. The van der Waals surface area contributed by atoms with Gasteiger partial charge in [-0.1, -0.05) is 24.3 Å². The van der Waals surface area contributed by atoms with Crippen LogP contribution in [0, 0.1) is 6.08 Å². The number of fused-ring (bicyclic) bond motifs is 3. The third kappa shape index (κ3) is 9.83. The van der Waals surface area contributed by atoms with Gasteiger partial charge < -0.3 is 9.80 Å². The standard InChI is InChI=1S/C21H27N2.C13H10.C5H5.2ClH.Zr/c1-5-22(6-2)18-11-9-16-13-17-10-12-19(23(7-3)8-4)15-21(17)20(16)14-18;1-3-7-12(8-4-1)11-13-9-5-2-6-10-13;1-2-4-5-3-1;;;/h9-15H,5-8H2,1-4H3;1-10H;1-3H,4H2;2*1H;/q-1;;-1;;;+2. The van der Waals surface area contributed by atoms with E-state index in [1.165, 1.54) is 71.5 Å². The molecule has 0 aliphatic heterocycles. The summed E-state index contributed by atoms with van der Waals surface area (Å²) in [5.41, 5.74) is 5.31. The van der Waals surface area contributed by atoms with Gasteiger partial charge in [-0.15, -0.1) is 71.0 Å². The zero-order chi connectivity index (χ0) is 29.7. The molecule has 228 valence electrons. The Bertz CT molecular complexity index is 1500. The Morgan fingerprint density at radius 2 is 1.09 bits per heavy atom. The van der Waals surface area contributed by atoms with E-state index >= 15 is 0 Å². The molecule has 0 N–H and O–H groups in total.